The van der Waals surface area contributed by atoms with E-state index in [1.165, 1.54) is 11.1 Å². The lowest BCUT2D eigenvalue weighted by Crippen LogP contribution is -2.21. The minimum absolute atomic E-state index is 0.408. The van der Waals surface area contributed by atoms with E-state index in [0.717, 1.165) is 73.3 Å². The number of halogens is 1. The first-order valence-corrected chi connectivity index (χ1v) is 8.28. The zero-order valence-corrected chi connectivity index (χ0v) is 13.3. The summed E-state index contributed by atoms with van der Waals surface area (Å²) >= 11 is 3.70. The normalized spacial score (nSPS) is 21.2. The van der Waals surface area contributed by atoms with Crippen LogP contribution in [-0.2, 0) is 23.2 Å². The van der Waals surface area contributed by atoms with Gasteiger partial charge in [0.15, 0.2) is 0 Å². The van der Waals surface area contributed by atoms with E-state index in [0.29, 0.717) is 0 Å². The fourth-order valence-electron chi connectivity index (χ4n) is 3.50. The Bertz CT molecular complexity index is 623. The van der Waals surface area contributed by atoms with Gasteiger partial charge in [-0.1, -0.05) is 0 Å². The van der Waals surface area contributed by atoms with Gasteiger partial charge < -0.3 is 9.47 Å². The quantitative estimate of drug-likeness (QED) is 0.607. The molecule has 0 aromatic heterocycles. The van der Waals surface area contributed by atoms with Crippen molar-refractivity contribution in [3.8, 4) is 11.5 Å². The lowest BCUT2D eigenvalue weighted by Gasteiger charge is -2.31. The zero-order valence-electron chi connectivity index (χ0n) is 11.7. The first-order chi connectivity index (χ1) is 10.3. The third-order valence-corrected chi connectivity index (χ3v) is 5.46. The molecular weight excluding hydrogens is 334 g/mol. The van der Waals surface area contributed by atoms with Crippen molar-refractivity contribution < 1.29 is 14.3 Å². The maximum absolute atomic E-state index is 10.9. The molecule has 21 heavy (non-hydrogen) atoms. The largest absolute Gasteiger partial charge is 0.493 e. The molecule has 5 heteroatoms. The Morgan fingerprint density at radius 3 is 2.38 bits per heavy atom. The molecule has 0 amide bonds. The van der Waals surface area contributed by atoms with Crippen molar-refractivity contribution in [1.29, 1.82) is 0 Å². The molecule has 1 aromatic rings. The van der Waals surface area contributed by atoms with E-state index in [4.69, 9.17) is 9.47 Å². The summed E-state index contributed by atoms with van der Waals surface area (Å²) in [6, 6.07) is 0. The number of hydrogen-bond acceptors (Lipinski definition) is 4. The molecule has 1 fully saturated rings. The van der Waals surface area contributed by atoms with Crippen LogP contribution in [0.25, 0.3) is 0 Å². The monoisotopic (exact) mass is 349 g/mol. The van der Waals surface area contributed by atoms with E-state index in [-0.39, 0.29) is 0 Å². The van der Waals surface area contributed by atoms with E-state index in [9.17, 15) is 4.79 Å². The molecule has 1 saturated carbocycles. The number of fused-ring (bicyclic) bond motifs is 2. The first kappa shape index (κ1) is 13.4. The van der Waals surface area contributed by atoms with Crippen LogP contribution in [0.1, 0.15) is 42.4 Å². The number of aliphatic imine (C=N–C) groups is 1. The predicted octanol–water partition coefficient (Wildman–Crippen LogP) is 3.42. The Labute approximate surface area is 131 Å². The highest BCUT2D eigenvalue weighted by atomic mass is 79.9. The molecule has 3 aliphatic rings. The van der Waals surface area contributed by atoms with Gasteiger partial charge in [-0.2, -0.15) is 4.99 Å². The minimum Gasteiger partial charge on any atom is -0.493 e. The number of benzene rings is 1. The van der Waals surface area contributed by atoms with Gasteiger partial charge in [-0.3, -0.25) is 0 Å². The van der Waals surface area contributed by atoms with Gasteiger partial charge in [-0.15, -0.1) is 0 Å². The summed E-state index contributed by atoms with van der Waals surface area (Å²) in [5.74, 6) is 1.88. The van der Waals surface area contributed by atoms with Crippen LogP contribution in [0.5, 0.6) is 11.5 Å². The predicted molar refractivity (Wildman–Crippen MR) is 80.8 cm³/mol. The minimum atomic E-state index is -0.408. The summed E-state index contributed by atoms with van der Waals surface area (Å²) in [5.41, 5.74) is 3.03. The Balaban J connectivity index is 2.01. The van der Waals surface area contributed by atoms with E-state index < -0.39 is 5.54 Å². The second-order valence-electron chi connectivity index (χ2n) is 5.94. The SMILES string of the molecule is O=C=NC1(c2c3c(c(Br)c4c2OCCC4)OCCC3)CC1. The highest BCUT2D eigenvalue weighted by Crippen LogP contribution is 2.58. The second-order valence-corrected chi connectivity index (χ2v) is 6.74. The number of rotatable bonds is 2. The van der Waals surface area contributed by atoms with Crippen molar-refractivity contribution in [2.75, 3.05) is 13.2 Å². The van der Waals surface area contributed by atoms with Crippen LogP contribution in [0, 0.1) is 0 Å². The fourth-order valence-corrected chi connectivity index (χ4v) is 4.24. The molecule has 0 saturated heterocycles. The van der Waals surface area contributed by atoms with Crippen LogP contribution in [0.2, 0.25) is 0 Å². The number of isocyanates is 1. The maximum Gasteiger partial charge on any atom is 0.235 e. The van der Waals surface area contributed by atoms with Crippen LogP contribution < -0.4 is 9.47 Å². The highest BCUT2D eigenvalue weighted by molar-refractivity contribution is 9.10. The Morgan fingerprint density at radius 2 is 1.71 bits per heavy atom. The lowest BCUT2D eigenvalue weighted by atomic mass is 9.88. The van der Waals surface area contributed by atoms with Crippen molar-refractivity contribution in [1.82, 2.24) is 0 Å². The molecule has 2 heterocycles. The van der Waals surface area contributed by atoms with E-state index in [1.807, 2.05) is 0 Å². The Kier molecular flexibility index (Phi) is 3.09. The summed E-state index contributed by atoms with van der Waals surface area (Å²) < 4.78 is 12.9. The molecule has 1 aliphatic carbocycles. The summed E-state index contributed by atoms with van der Waals surface area (Å²) in [7, 11) is 0. The number of nitrogens with zero attached hydrogens (tertiary/aromatic N) is 1. The average molecular weight is 350 g/mol. The summed E-state index contributed by atoms with van der Waals surface area (Å²) in [6.45, 7) is 1.47. The average Bonchev–Trinajstić information content (AvgIpc) is 3.29. The van der Waals surface area contributed by atoms with Crippen molar-refractivity contribution >= 4 is 22.0 Å². The molecule has 110 valence electrons. The van der Waals surface area contributed by atoms with Gasteiger partial charge in [0.2, 0.25) is 6.08 Å². The molecule has 0 spiro atoms. The van der Waals surface area contributed by atoms with Crippen LogP contribution in [-0.4, -0.2) is 19.3 Å². The molecule has 4 rings (SSSR count). The van der Waals surface area contributed by atoms with E-state index in [2.05, 4.69) is 20.9 Å². The van der Waals surface area contributed by atoms with Gasteiger partial charge in [0.1, 0.15) is 17.0 Å². The zero-order chi connectivity index (χ0) is 14.4. The van der Waals surface area contributed by atoms with Crippen LogP contribution >= 0.6 is 15.9 Å². The maximum atomic E-state index is 10.9. The molecule has 1 aromatic carbocycles. The van der Waals surface area contributed by atoms with Crippen LogP contribution in [0.15, 0.2) is 9.47 Å². The number of hydrogen-bond donors (Lipinski definition) is 0. The van der Waals surface area contributed by atoms with Crippen LogP contribution in [0.3, 0.4) is 0 Å². The fraction of sp³-hybridized carbons (Fsp3) is 0.562. The highest BCUT2D eigenvalue weighted by Gasteiger charge is 2.50. The summed E-state index contributed by atoms with van der Waals surface area (Å²) in [6.07, 6.45) is 7.48. The standard InChI is InChI=1S/C16H16BrNO3/c17-13-11-4-2-7-20-14(11)12(16(5-6-16)18-9-19)10-3-1-8-21-15(10)13/h1-8H2. The van der Waals surface area contributed by atoms with Gasteiger partial charge in [0.25, 0.3) is 0 Å². The Hall–Kier alpha value is -1.32. The van der Waals surface area contributed by atoms with Crippen molar-refractivity contribution in [2.45, 2.75) is 44.1 Å². The smallest absolute Gasteiger partial charge is 0.235 e. The van der Waals surface area contributed by atoms with Crippen LogP contribution in [0.4, 0.5) is 0 Å². The molecular formula is C16H16BrNO3. The van der Waals surface area contributed by atoms with Gasteiger partial charge in [0.05, 0.1) is 17.7 Å². The second kappa shape index (κ2) is 4.85. The molecule has 0 radical (unpaired) electrons. The van der Waals surface area contributed by atoms with Gasteiger partial charge >= 0.3 is 0 Å². The first-order valence-electron chi connectivity index (χ1n) is 7.49. The van der Waals surface area contributed by atoms with E-state index in [1.54, 1.807) is 6.08 Å². The molecule has 0 bridgehead atoms. The van der Waals surface area contributed by atoms with Crippen molar-refractivity contribution in [3.63, 3.8) is 0 Å². The third kappa shape index (κ3) is 1.95. The molecule has 0 atom stereocenters. The lowest BCUT2D eigenvalue weighted by molar-refractivity contribution is 0.264. The molecule has 0 N–H and O–H groups in total. The molecule has 0 unspecified atom stereocenters. The topological polar surface area (TPSA) is 47.9 Å². The molecule has 4 nitrogen and oxygen atoms in total. The van der Waals surface area contributed by atoms with Crippen molar-refractivity contribution in [2.24, 2.45) is 4.99 Å². The number of carbonyl (C=O) groups excluding carboxylic acids is 1. The third-order valence-electron chi connectivity index (χ3n) is 4.62. The summed E-state index contributed by atoms with van der Waals surface area (Å²) in [4.78, 5) is 15.0. The summed E-state index contributed by atoms with van der Waals surface area (Å²) in [5, 5.41) is 0. The van der Waals surface area contributed by atoms with E-state index >= 15 is 0 Å². The van der Waals surface area contributed by atoms with Crippen molar-refractivity contribution in [3.05, 3.63) is 21.2 Å². The Morgan fingerprint density at radius 1 is 1.05 bits per heavy atom. The number of ether oxygens (including phenoxy) is 2. The van der Waals surface area contributed by atoms with Gasteiger partial charge in [-0.25, -0.2) is 4.79 Å². The van der Waals surface area contributed by atoms with Gasteiger partial charge in [0, 0.05) is 16.7 Å². The molecule has 2 aliphatic heterocycles. The van der Waals surface area contributed by atoms with Gasteiger partial charge in [-0.05, 0) is 54.5 Å².